The van der Waals surface area contributed by atoms with Gasteiger partial charge in [-0.3, -0.25) is 10.1 Å². The quantitative estimate of drug-likeness (QED) is 0.662. The number of carbonyl (C=O) groups excluding carboxylic acids is 1. The lowest BCUT2D eigenvalue weighted by Crippen LogP contribution is -2.36. The van der Waals surface area contributed by atoms with Crippen LogP contribution in [0.15, 0.2) is 23.2 Å². The molecule has 3 N–H and O–H groups in total. The van der Waals surface area contributed by atoms with Gasteiger partial charge in [0.15, 0.2) is 0 Å². The molecule has 0 saturated carbocycles. The van der Waals surface area contributed by atoms with Crippen LogP contribution in [0.2, 0.25) is 0 Å². The highest BCUT2D eigenvalue weighted by Gasteiger charge is 2.07. The van der Waals surface area contributed by atoms with Crippen LogP contribution in [-0.2, 0) is 4.79 Å². The number of ether oxygens (including phenoxy) is 1. The number of fused-ring (bicyclic) bond motifs is 1. The van der Waals surface area contributed by atoms with Gasteiger partial charge < -0.3 is 10.5 Å². The van der Waals surface area contributed by atoms with Gasteiger partial charge in [-0.15, -0.1) is 0 Å². The summed E-state index contributed by atoms with van der Waals surface area (Å²) in [6.45, 7) is 6.09. The smallest absolute Gasteiger partial charge is 0.253 e. The molecule has 0 spiro atoms. The average Bonchev–Trinajstić information content (AvgIpc) is 2.47. The summed E-state index contributed by atoms with van der Waals surface area (Å²) in [7, 11) is 0. The number of benzene rings is 1. The Balaban J connectivity index is 2.38. The molecule has 0 atom stereocenters. The molecule has 1 heterocycles. The SMILES string of the molecule is CCOc1ccc2c(C)nc(/N=C(/N)NC(=O)CC)nc2c1. The van der Waals surface area contributed by atoms with E-state index < -0.39 is 0 Å². The minimum absolute atomic E-state index is 0.0217. The van der Waals surface area contributed by atoms with E-state index in [0.717, 1.165) is 16.8 Å². The average molecular weight is 301 g/mol. The number of aryl methyl sites for hydroxylation is 1. The number of amides is 1. The monoisotopic (exact) mass is 301 g/mol. The summed E-state index contributed by atoms with van der Waals surface area (Å²) in [6, 6.07) is 5.61. The number of rotatable bonds is 4. The van der Waals surface area contributed by atoms with Gasteiger partial charge in [0.1, 0.15) is 5.75 Å². The molecule has 2 aromatic rings. The molecule has 0 radical (unpaired) electrons. The van der Waals surface area contributed by atoms with Crippen molar-refractivity contribution in [3.8, 4) is 5.75 Å². The van der Waals surface area contributed by atoms with Crippen molar-refractivity contribution in [3.05, 3.63) is 23.9 Å². The summed E-state index contributed by atoms with van der Waals surface area (Å²) >= 11 is 0. The van der Waals surface area contributed by atoms with Crippen molar-refractivity contribution in [3.63, 3.8) is 0 Å². The van der Waals surface area contributed by atoms with Gasteiger partial charge in [-0.2, -0.15) is 4.99 Å². The lowest BCUT2D eigenvalue weighted by Gasteiger charge is -2.07. The second-order valence-electron chi connectivity index (χ2n) is 4.62. The molecular weight excluding hydrogens is 282 g/mol. The highest BCUT2D eigenvalue weighted by molar-refractivity contribution is 5.96. The summed E-state index contributed by atoms with van der Waals surface area (Å²) in [4.78, 5) is 23.9. The van der Waals surface area contributed by atoms with Crippen LogP contribution >= 0.6 is 0 Å². The normalized spacial score (nSPS) is 11.5. The van der Waals surface area contributed by atoms with E-state index in [1.54, 1.807) is 6.92 Å². The number of nitrogens with one attached hydrogen (secondary N) is 1. The Morgan fingerprint density at radius 3 is 2.82 bits per heavy atom. The van der Waals surface area contributed by atoms with Gasteiger partial charge in [0.05, 0.1) is 17.8 Å². The second kappa shape index (κ2) is 6.84. The molecule has 7 heteroatoms. The largest absolute Gasteiger partial charge is 0.494 e. The van der Waals surface area contributed by atoms with Crippen molar-refractivity contribution < 1.29 is 9.53 Å². The fourth-order valence-corrected chi connectivity index (χ4v) is 1.93. The van der Waals surface area contributed by atoms with Gasteiger partial charge >= 0.3 is 0 Å². The van der Waals surface area contributed by atoms with E-state index >= 15 is 0 Å². The zero-order chi connectivity index (χ0) is 16.1. The first kappa shape index (κ1) is 15.7. The molecule has 1 amide bonds. The molecule has 0 fully saturated rings. The molecule has 0 unspecified atom stereocenters. The Kier molecular flexibility index (Phi) is 4.88. The van der Waals surface area contributed by atoms with Crippen molar-refractivity contribution in [2.45, 2.75) is 27.2 Å². The number of hydrogen-bond acceptors (Lipinski definition) is 5. The van der Waals surface area contributed by atoms with E-state index in [-0.39, 0.29) is 17.8 Å². The molecular formula is C15H19N5O2. The Hall–Kier alpha value is -2.70. The van der Waals surface area contributed by atoms with Crippen LogP contribution in [0.1, 0.15) is 26.0 Å². The summed E-state index contributed by atoms with van der Waals surface area (Å²) in [5.74, 6) is 0.701. The molecule has 116 valence electrons. The van der Waals surface area contributed by atoms with E-state index in [9.17, 15) is 4.79 Å². The Morgan fingerprint density at radius 2 is 2.14 bits per heavy atom. The number of carbonyl (C=O) groups is 1. The third kappa shape index (κ3) is 3.69. The minimum Gasteiger partial charge on any atom is -0.494 e. The molecule has 22 heavy (non-hydrogen) atoms. The van der Waals surface area contributed by atoms with Gasteiger partial charge in [0, 0.05) is 17.9 Å². The number of aromatic nitrogens is 2. The number of nitrogens with two attached hydrogens (primary N) is 1. The van der Waals surface area contributed by atoms with Crippen LogP contribution in [0.4, 0.5) is 5.95 Å². The zero-order valence-electron chi connectivity index (χ0n) is 12.9. The van der Waals surface area contributed by atoms with Crippen molar-refractivity contribution in [1.82, 2.24) is 15.3 Å². The van der Waals surface area contributed by atoms with Crippen molar-refractivity contribution in [2.75, 3.05) is 6.61 Å². The lowest BCUT2D eigenvalue weighted by molar-refractivity contribution is -0.119. The zero-order valence-corrected chi connectivity index (χ0v) is 12.9. The first-order valence-corrected chi connectivity index (χ1v) is 7.08. The van der Waals surface area contributed by atoms with Crippen LogP contribution in [0.3, 0.4) is 0 Å². The maximum Gasteiger partial charge on any atom is 0.253 e. The number of guanidine groups is 1. The van der Waals surface area contributed by atoms with Crippen LogP contribution in [0, 0.1) is 6.92 Å². The topological polar surface area (TPSA) is 102 Å². The number of hydrogen-bond donors (Lipinski definition) is 2. The number of nitrogens with zero attached hydrogens (tertiary/aromatic N) is 3. The fraction of sp³-hybridized carbons (Fsp3) is 0.333. The molecule has 1 aromatic heterocycles. The van der Waals surface area contributed by atoms with Gasteiger partial charge in [-0.25, -0.2) is 9.97 Å². The third-order valence-corrected chi connectivity index (χ3v) is 2.97. The summed E-state index contributed by atoms with van der Waals surface area (Å²) in [6.07, 6.45) is 0.325. The summed E-state index contributed by atoms with van der Waals surface area (Å²) in [5, 5.41) is 3.38. The van der Waals surface area contributed by atoms with Gasteiger partial charge in [-0.1, -0.05) is 6.92 Å². The molecule has 0 aliphatic rings. The summed E-state index contributed by atoms with van der Waals surface area (Å²) < 4.78 is 5.46. The van der Waals surface area contributed by atoms with Gasteiger partial charge in [-0.05, 0) is 26.0 Å². The minimum atomic E-state index is -0.211. The van der Waals surface area contributed by atoms with Crippen molar-refractivity contribution >= 4 is 28.7 Å². The Bertz CT molecular complexity index is 727. The molecule has 2 rings (SSSR count). The molecule has 0 saturated heterocycles. The highest BCUT2D eigenvalue weighted by atomic mass is 16.5. The standard InChI is InChI=1S/C15H19N5O2/c1-4-13(21)19-14(16)20-15-17-9(3)11-7-6-10(22-5-2)8-12(11)18-15/h6-8H,4-5H2,1-3H3,(H3,16,17,18,19,20,21). The fourth-order valence-electron chi connectivity index (χ4n) is 1.93. The molecule has 0 aliphatic heterocycles. The maximum atomic E-state index is 11.3. The Morgan fingerprint density at radius 1 is 1.36 bits per heavy atom. The molecule has 1 aromatic carbocycles. The Labute approximate surface area is 128 Å². The van der Waals surface area contributed by atoms with E-state index in [1.807, 2.05) is 32.0 Å². The van der Waals surface area contributed by atoms with Crippen LogP contribution in [-0.4, -0.2) is 28.4 Å². The second-order valence-corrected chi connectivity index (χ2v) is 4.62. The molecule has 0 bridgehead atoms. The molecule has 0 aliphatic carbocycles. The van der Waals surface area contributed by atoms with Crippen LogP contribution in [0.25, 0.3) is 10.9 Å². The predicted molar refractivity (Wildman–Crippen MR) is 85.2 cm³/mol. The number of aliphatic imine (C=N–C) groups is 1. The summed E-state index contributed by atoms with van der Waals surface area (Å²) in [5.41, 5.74) is 7.16. The predicted octanol–water partition coefficient (Wildman–Crippen LogP) is 1.81. The van der Waals surface area contributed by atoms with Crippen LogP contribution < -0.4 is 15.8 Å². The van der Waals surface area contributed by atoms with E-state index in [4.69, 9.17) is 10.5 Å². The third-order valence-electron chi connectivity index (χ3n) is 2.97. The van der Waals surface area contributed by atoms with Crippen LogP contribution in [0.5, 0.6) is 5.75 Å². The van der Waals surface area contributed by atoms with E-state index in [1.165, 1.54) is 0 Å². The lowest BCUT2D eigenvalue weighted by atomic mass is 10.2. The van der Waals surface area contributed by atoms with Gasteiger partial charge in [0.25, 0.3) is 5.95 Å². The highest BCUT2D eigenvalue weighted by Crippen LogP contribution is 2.23. The van der Waals surface area contributed by atoms with Crippen molar-refractivity contribution in [1.29, 1.82) is 0 Å². The van der Waals surface area contributed by atoms with Crippen molar-refractivity contribution in [2.24, 2.45) is 10.7 Å². The maximum absolute atomic E-state index is 11.3. The van der Waals surface area contributed by atoms with E-state index in [0.29, 0.717) is 18.5 Å². The molecule has 7 nitrogen and oxygen atoms in total. The van der Waals surface area contributed by atoms with Gasteiger partial charge in [0.2, 0.25) is 11.9 Å². The van der Waals surface area contributed by atoms with E-state index in [2.05, 4.69) is 20.3 Å². The first-order chi connectivity index (χ1) is 10.5. The first-order valence-electron chi connectivity index (χ1n) is 7.08.